The van der Waals surface area contributed by atoms with Gasteiger partial charge in [-0.15, -0.1) is 0 Å². The molecule has 0 bridgehead atoms. The summed E-state index contributed by atoms with van der Waals surface area (Å²) in [5.74, 6) is 2.19. The molecular weight excluding hydrogens is 662 g/mol. The predicted octanol–water partition coefficient (Wildman–Crippen LogP) is 12.8. The Morgan fingerprint density at radius 2 is 0.519 bits per heavy atom. The van der Waals surface area contributed by atoms with Gasteiger partial charge in [0.15, 0.2) is 0 Å². The normalized spacial score (nSPS) is 21.0. The van der Waals surface area contributed by atoms with Crippen molar-refractivity contribution in [2.45, 2.75) is 107 Å². The molecule has 2 saturated heterocycles. The highest BCUT2D eigenvalue weighted by atomic mass is 31.1. The summed E-state index contributed by atoms with van der Waals surface area (Å²) in [6.07, 6.45) is 5.15. The molecule has 0 N–H and O–H groups in total. The van der Waals surface area contributed by atoms with Crippen molar-refractivity contribution in [1.29, 1.82) is 0 Å². The Bertz CT molecular complexity index is 1790. The summed E-state index contributed by atoms with van der Waals surface area (Å²) in [5.41, 5.74) is 23.9. The Morgan fingerprint density at radius 1 is 0.327 bits per heavy atom. The van der Waals surface area contributed by atoms with Gasteiger partial charge in [0.05, 0.1) is 0 Å². The fraction of sp³-hybridized carbons (Fsp3) is 0.400. The third-order valence-corrected chi connectivity index (χ3v) is 18.3. The smallest absolute Gasteiger partial charge is 0.00418 e. The van der Waals surface area contributed by atoms with Gasteiger partial charge in [-0.3, -0.25) is 0 Å². The van der Waals surface area contributed by atoms with E-state index in [1.54, 1.807) is 32.9 Å². The van der Waals surface area contributed by atoms with Crippen LogP contribution in [0, 0.1) is 83.1 Å². The van der Waals surface area contributed by atoms with E-state index in [-0.39, 0.29) is 15.8 Å². The standard InChI is InChI=1S/C50H60P2/c1-29-17-33(5)47(34(6)18-29)41-25-51(26-42(41)48-35(7)19-30(2)20-36(48)8)45-15-13-14-16-46(45)52-27-43(49-37(9)21-31(3)22-38(49)10)44(28-52)50-39(11)23-32(4)24-40(50)12/h13-24,41-44H,25-28H2,1-12H3/t41-,42-,43-,44-/m0/s1. The van der Waals surface area contributed by atoms with Crippen molar-refractivity contribution < 1.29 is 0 Å². The Labute approximate surface area is 318 Å². The number of hydrogen-bond acceptors (Lipinski definition) is 0. The van der Waals surface area contributed by atoms with Crippen molar-refractivity contribution in [2.24, 2.45) is 0 Å². The van der Waals surface area contributed by atoms with Gasteiger partial charge in [0, 0.05) is 0 Å². The molecule has 5 aromatic rings. The van der Waals surface area contributed by atoms with Crippen LogP contribution in [0.15, 0.2) is 72.8 Å². The third-order valence-electron chi connectivity index (χ3n) is 12.6. The van der Waals surface area contributed by atoms with Crippen LogP contribution in [-0.2, 0) is 0 Å². The molecule has 0 aliphatic carbocycles. The third kappa shape index (κ3) is 6.89. The van der Waals surface area contributed by atoms with Crippen LogP contribution in [0.3, 0.4) is 0 Å². The van der Waals surface area contributed by atoms with E-state index < -0.39 is 0 Å². The summed E-state index contributed by atoms with van der Waals surface area (Å²) in [4.78, 5) is 0. The molecule has 7 rings (SSSR count). The molecule has 2 aliphatic rings. The van der Waals surface area contributed by atoms with Crippen molar-refractivity contribution in [3.63, 3.8) is 0 Å². The lowest BCUT2D eigenvalue weighted by molar-refractivity contribution is 0.651. The molecule has 0 nitrogen and oxygen atoms in total. The van der Waals surface area contributed by atoms with Crippen molar-refractivity contribution in [3.05, 3.63) is 162 Å². The summed E-state index contributed by atoms with van der Waals surface area (Å²) >= 11 is 0. The first-order chi connectivity index (χ1) is 24.7. The molecule has 0 unspecified atom stereocenters. The molecule has 270 valence electrons. The summed E-state index contributed by atoms with van der Waals surface area (Å²) in [5, 5.41) is 3.44. The quantitative estimate of drug-likeness (QED) is 0.153. The molecule has 4 atom stereocenters. The van der Waals surface area contributed by atoms with Gasteiger partial charge in [-0.05, 0) is 209 Å². The summed E-state index contributed by atoms with van der Waals surface area (Å²) in [7, 11) is -0.644. The Balaban J connectivity index is 1.33. The maximum absolute atomic E-state index is 2.57. The SMILES string of the molecule is Cc1cc(C)c([C@H]2CP(c3ccccc3P3C[C@H](c4c(C)cc(C)cc4C)[C@@H](c4c(C)cc(C)cc4C)C3)C[C@@H]2c2c(C)cc(C)cc2C)c(C)c1. The van der Waals surface area contributed by atoms with Crippen LogP contribution in [0.5, 0.6) is 0 Å². The zero-order valence-corrected chi connectivity index (χ0v) is 35.7. The molecular formula is C50H60P2. The van der Waals surface area contributed by atoms with Crippen molar-refractivity contribution in [1.82, 2.24) is 0 Å². The van der Waals surface area contributed by atoms with Gasteiger partial charge < -0.3 is 0 Å². The number of benzene rings is 5. The minimum absolute atomic E-state index is 0.322. The second kappa shape index (κ2) is 14.7. The van der Waals surface area contributed by atoms with Gasteiger partial charge in [0.25, 0.3) is 0 Å². The molecule has 0 spiro atoms. The first-order valence-corrected chi connectivity index (χ1v) is 23.0. The second-order valence-corrected chi connectivity index (χ2v) is 21.6. The lowest BCUT2D eigenvalue weighted by Crippen LogP contribution is -2.23. The molecule has 2 fully saturated rings. The maximum atomic E-state index is 2.57. The number of rotatable bonds is 6. The molecule has 52 heavy (non-hydrogen) atoms. The van der Waals surface area contributed by atoms with E-state index in [4.69, 9.17) is 0 Å². The largest absolute Gasteiger partial charge is 0.0733 e. The topological polar surface area (TPSA) is 0 Å². The predicted molar refractivity (Wildman–Crippen MR) is 233 cm³/mol. The van der Waals surface area contributed by atoms with Gasteiger partial charge in [-0.2, -0.15) is 0 Å². The van der Waals surface area contributed by atoms with E-state index in [1.807, 2.05) is 0 Å². The van der Waals surface area contributed by atoms with E-state index in [0.717, 1.165) is 0 Å². The Hall–Kier alpha value is -3.04. The molecule has 2 heteroatoms. The lowest BCUT2D eigenvalue weighted by atomic mass is 9.77. The number of hydrogen-bond donors (Lipinski definition) is 0. The van der Waals surface area contributed by atoms with Gasteiger partial charge in [0.1, 0.15) is 0 Å². The molecule has 2 aliphatic heterocycles. The highest BCUT2D eigenvalue weighted by Crippen LogP contribution is 2.61. The van der Waals surface area contributed by atoms with Gasteiger partial charge in [-0.1, -0.05) is 111 Å². The van der Waals surface area contributed by atoms with Crippen molar-refractivity contribution >= 4 is 26.5 Å². The fourth-order valence-electron chi connectivity index (χ4n) is 11.3. The fourth-order valence-corrected chi connectivity index (χ4v) is 18.2. The zero-order valence-electron chi connectivity index (χ0n) is 34.0. The van der Waals surface area contributed by atoms with E-state index in [0.29, 0.717) is 23.7 Å². The highest BCUT2D eigenvalue weighted by molar-refractivity contribution is 7.72. The first kappa shape index (κ1) is 37.3. The zero-order chi connectivity index (χ0) is 37.2. The van der Waals surface area contributed by atoms with Gasteiger partial charge in [-0.25, -0.2) is 0 Å². The van der Waals surface area contributed by atoms with Crippen LogP contribution in [0.1, 0.15) is 113 Å². The van der Waals surface area contributed by atoms with Crippen LogP contribution in [-0.4, -0.2) is 24.6 Å². The molecule has 0 amide bonds. The molecule has 0 saturated carbocycles. The van der Waals surface area contributed by atoms with E-state index in [2.05, 4.69) is 156 Å². The summed E-state index contributed by atoms with van der Waals surface area (Å²) in [6, 6.07) is 29.4. The second-order valence-electron chi connectivity index (χ2n) is 17.0. The number of aryl methyl sites for hydroxylation is 12. The van der Waals surface area contributed by atoms with Crippen molar-refractivity contribution in [2.75, 3.05) is 24.6 Å². The van der Waals surface area contributed by atoms with Gasteiger partial charge in [0.2, 0.25) is 0 Å². The summed E-state index contributed by atoms with van der Waals surface area (Å²) < 4.78 is 0. The molecule has 2 heterocycles. The lowest BCUT2D eigenvalue weighted by Gasteiger charge is -2.27. The van der Waals surface area contributed by atoms with Crippen molar-refractivity contribution in [3.8, 4) is 0 Å². The van der Waals surface area contributed by atoms with E-state index in [1.165, 1.54) is 91.4 Å². The first-order valence-electron chi connectivity index (χ1n) is 19.6. The van der Waals surface area contributed by atoms with Gasteiger partial charge >= 0.3 is 0 Å². The summed E-state index contributed by atoms with van der Waals surface area (Å²) in [6.45, 7) is 28.1. The Kier molecular flexibility index (Phi) is 10.5. The van der Waals surface area contributed by atoms with Crippen LogP contribution < -0.4 is 10.6 Å². The van der Waals surface area contributed by atoms with Crippen LogP contribution >= 0.6 is 15.8 Å². The molecule has 5 aromatic carbocycles. The maximum Gasteiger partial charge on any atom is -0.00418 e. The molecule has 0 radical (unpaired) electrons. The average molecular weight is 723 g/mol. The van der Waals surface area contributed by atoms with Crippen LogP contribution in [0.2, 0.25) is 0 Å². The van der Waals surface area contributed by atoms with Crippen LogP contribution in [0.25, 0.3) is 0 Å². The average Bonchev–Trinajstić information content (AvgIpc) is 3.64. The minimum Gasteiger partial charge on any atom is -0.0733 e. The van der Waals surface area contributed by atoms with Crippen LogP contribution in [0.4, 0.5) is 0 Å². The monoisotopic (exact) mass is 722 g/mol. The Morgan fingerprint density at radius 3 is 0.712 bits per heavy atom. The molecule has 0 aromatic heterocycles. The highest BCUT2D eigenvalue weighted by Gasteiger charge is 2.43. The minimum atomic E-state index is -0.322. The van der Waals surface area contributed by atoms with E-state index in [9.17, 15) is 0 Å². The van der Waals surface area contributed by atoms with E-state index >= 15 is 0 Å².